The molecule has 0 amide bonds. The van der Waals surface area contributed by atoms with Crippen LogP contribution in [0, 0.1) is 12.7 Å². The molecule has 13 heavy (non-hydrogen) atoms. The van der Waals surface area contributed by atoms with Gasteiger partial charge in [0.1, 0.15) is 5.75 Å². The Hall–Kier alpha value is -1.51. The van der Waals surface area contributed by atoms with E-state index in [0.29, 0.717) is 16.8 Å². The summed E-state index contributed by atoms with van der Waals surface area (Å²) in [6, 6.07) is 5.30. The van der Waals surface area contributed by atoms with Gasteiger partial charge in [0.25, 0.3) is 0 Å². The van der Waals surface area contributed by atoms with Crippen LogP contribution in [0.1, 0.15) is 5.69 Å². The maximum atomic E-state index is 13.4. The fourth-order valence-corrected chi connectivity index (χ4v) is 1.40. The summed E-state index contributed by atoms with van der Waals surface area (Å²) in [7, 11) is 1.57. The molecule has 3 heteroatoms. The van der Waals surface area contributed by atoms with Crippen LogP contribution < -0.4 is 4.74 Å². The summed E-state index contributed by atoms with van der Waals surface area (Å²) in [6.07, 6.45) is 0. The zero-order chi connectivity index (χ0) is 9.42. The van der Waals surface area contributed by atoms with Crippen molar-refractivity contribution in [2.24, 2.45) is 0 Å². The lowest BCUT2D eigenvalue weighted by atomic mass is 10.2. The number of aryl methyl sites for hydroxylation is 1. The number of methoxy groups -OCH3 is 1. The van der Waals surface area contributed by atoms with Crippen molar-refractivity contribution in [2.45, 2.75) is 6.92 Å². The fraction of sp³-hybridized carbons (Fsp3) is 0.200. The Bertz CT molecular complexity index is 447. The van der Waals surface area contributed by atoms with Gasteiger partial charge in [-0.15, -0.1) is 0 Å². The van der Waals surface area contributed by atoms with Gasteiger partial charge in [-0.25, -0.2) is 4.39 Å². The second-order valence-electron chi connectivity index (χ2n) is 2.98. The average Bonchev–Trinajstić information content (AvgIpc) is 2.43. The number of aromatic nitrogens is 1. The zero-order valence-electron chi connectivity index (χ0n) is 7.52. The van der Waals surface area contributed by atoms with Gasteiger partial charge < -0.3 is 9.72 Å². The first-order valence-electron chi connectivity index (χ1n) is 4.04. The Labute approximate surface area is 75.3 Å². The third-order valence-corrected chi connectivity index (χ3v) is 2.11. The van der Waals surface area contributed by atoms with E-state index < -0.39 is 0 Å². The van der Waals surface area contributed by atoms with Crippen molar-refractivity contribution in [1.29, 1.82) is 0 Å². The molecule has 0 unspecified atom stereocenters. The van der Waals surface area contributed by atoms with Crippen LogP contribution in [-0.4, -0.2) is 12.1 Å². The van der Waals surface area contributed by atoms with Crippen molar-refractivity contribution in [3.05, 3.63) is 29.7 Å². The number of ether oxygens (including phenoxy) is 1. The normalized spacial score (nSPS) is 10.7. The average molecular weight is 179 g/mol. The Morgan fingerprint density at radius 1 is 1.38 bits per heavy atom. The lowest BCUT2D eigenvalue weighted by Crippen LogP contribution is -1.81. The van der Waals surface area contributed by atoms with Gasteiger partial charge in [-0.05, 0) is 25.1 Å². The molecule has 0 bridgehead atoms. The summed E-state index contributed by atoms with van der Waals surface area (Å²) < 4.78 is 18.4. The van der Waals surface area contributed by atoms with E-state index >= 15 is 0 Å². The molecular weight excluding hydrogens is 169 g/mol. The molecule has 0 saturated carbocycles. The first-order chi connectivity index (χ1) is 6.22. The summed E-state index contributed by atoms with van der Waals surface area (Å²) in [6.45, 7) is 1.71. The number of fused-ring (bicyclic) bond motifs is 1. The number of nitrogens with one attached hydrogen (secondary N) is 1. The summed E-state index contributed by atoms with van der Waals surface area (Å²) in [5.74, 6) is 0.472. The third kappa shape index (κ3) is 1.16. The molecule has 2 nitrogen and oxygen atoms in total. The standard InChI is InChI=1S/C10H10FNO/c1-6-10(11)8-5-7(13-2)3-4-9(8)12-6/h3-5,12H,1-2H3. The molecule has 0 saturated heterocycles. The van der Waals surface area contributed by atoms with Gasteiger partial charge in [0.05, 0.1) is 7.11 Å². The van der Waals surface area contributed by atoms with Gasteiger partial charge in [-0.2, -0.15) is 0 Å². The predicted molar refractivity (Wildman–Crippen MR) is 49.5 cm³/mol. The summed E-state index contributed by atoms with van der Waals surface area (Å²) >= 11 is 0. The van der Waals surface area contributed by atoms with Gasteiger partial charge in [0, 0.05) is 16.6 Å². The number of rotatable bonds is 1. The molecular formula is C10H10FNO. The van der Waals surface area contributed by atoms with Gasteiger partial charge >= 0.3 is 0 Å². The highest BCUT2D eigenvalue weighted by Crippen LogP contribution is 2.24. The minimum Gasteiger partial charge on any atom is -0.497 e. The molecule has 1 heterocycles. The molecule has 2 rings (SSSR count). The molecule has 0 aliphatic carbocycles. The van der Waals surface area contributed by atoms with Crippen LogP contribution in [0.25, 0.3) is 10.9 Å². The van der Waals surface area contributed by atoms with E-state index in [2.05, 4.69) is 4.98 Å². The first-order valence-corrected chi connectivity index (χ1v) is 4.04. The molecule has 0 fully saturated rings. The predicted octanol–water partition coefficient (Wildman–Crippen LogP) is 2.62. The van der Waals surface area contributed by atoms with E-state index in [0.717, 1.165) is 5.52 Å². The Balaban J connectivity index is 2.75. The Kier molecular flexibility index (Phi) is 1.72. The maximum absolute atomic E-state index is 13.4. The molecule has 2 aromatic rings. The summed E-state index contributed by atoms with van der Waals surface area (Å²) in [5, 5.41) is 0.580. The molecule has 0 atom stereocenters. The molecule has 1 aromatic heterocycles. The molecule has 1 N–H and O–H groups in total. The molecule has 0 radical (unpaired) electrons. The van der Waals surface area contributed by atoms with Crippen LogP contribution in [-0.2, 0) is 0 Å². The van der Waals surface area contributed by atoms with Gasteiger partial charge in [-0.3, -0.25) is 0 Å². The van der Waals surface area contributed by atoms with Crippen molar-refractivity contribution in [2.75, 3.05) is 7.11 Å². The number of hydrogen-bond acceptors (Lipinski definition) is 1. The minimum atomic E-state index is -0.200. The van der Waals surface area contributed by atoms with Crippen LogP contribution in [0.5, 0.6) is 5.75 Å². The van der Waals surface area contributed by atoms with Crippen molar-refractivity contribution in [3.63, 3.8) is 0 Å². The van der Waals surface area contributed by atoms with Gasteiger partial charge in [-0.1, -0.05) is 0 Å². The Morgan fingerprint density at radius 2 is 2.15 bits per heavy atom. The lowest BCUT2D eigenvalue weighted by molar-refractivity contribution is 0.415. The fourth-order valence-electron chi connectivity index (χ4n) is 1.40. The maximum Gasteiger partial charge on any atom is 0.151 e. The van der Waals surface area contributed by atoms with Crippen LogP contribution in [0.15, 0.2) is 18.2 Å². The first kappa shape index (κ1) is 8.10. The summed E-state index contributed by atoms with van der Waals surface area (Å²) in [5.41, 5.74) is 1.36. The molecule has 1 aromatic carbocycles. The second-order valence-corrected chi connectivity index (χ2v) is 2.98. The van der Waals surface area contributed by atoms with Crippen LogP contribution in [0.2, 0.25) is 0 Å². The van der Waals surface area contributed by atoms with E-state index in [-0.39, 0.29) is 5.82 Å². The SMILES string of the molecule is COc1ccc2[nH]c(C)c(F)c2c1. The quantitative estimate of drug-likeness (QED) is 0.715. The van der Waals surface area contributed by atoms with Gasteiger partial charge in [0.15, 0.2) is 5.82 Å². The van der Waals surface area contributed by atoms with Crippen molar-refractivity contribution < 1.29 is 9.13 Å². The lowest BCUT2D eigenvalue weighted by Gasteiger charge is -1.97. The molecule has 0 aliphatic rings. The second kappa shape index (κ2) is 2.76. The van der Waals surface area contributed by atoms with E-state index in [4.69, 9.17) is 4.74 Å². The van der Waals surface area contributed by atoms with Crippen LogP contribution in [0.3, 0.4) is 0 Å². The van der Waals surface area contributed by atoms with E-state index in [1.165, 1.54) is 0 Å². The molecule has 68 valence electrons. The smallest absolute Gasteiger partial charge is 0.151 e. The number of benzene rings is 1. The zero-order valence-corrected chi connectivity index (χ0v) is 7.52. The van der Waals surface area contributed by atoms with Crippen LogP contribution >= 0.6 is 0 Å². The Morgan fingerprint density at radius 3 is 2.85 bits per heavy atom. The highest BCUT2D eigenvalue weighted by molar-refractivity contribution is 5.82. The van der Waals surface area contributed by atoms with E-state index in [1.54, 1.807) is 26.2 Å². The highest BCUT2D eigenvalue weighted by atomic mass is 19.1. The topological polar surface area (TPSA) is 25.0 Å². The molecule has 0 spiro atoms. The van der Waals surface area contributed by atoms with Gasteiger partial charge in [0.2, 0.25) is 0 Å². The van der Waals surface area contributed by atoms with E-state index in [9.17, 15) is 4.39 Å². The van der Waals surface area contributed by atoms with Crippen LogP contribution in [0.4, 0.5) is 4.39 Å². The largest absolute Gasteiger partial charge is 0.497 e. The van der Waals surface area contributed by atoms with Crippen molar-refractivity contribution >= 4 is 10.9 Å². The van der Waals surface area contributed by atoms with Crippen molar-refractivity contribution in [1.82, 2.24) is 4.98 Å². The number of aromatic amines is 1. The number of halogens is 1. The monoisotopic (exact) mass is 179 g/mol. The van der Waals surface area contributed by atoms with Crippen molar-refractivity contribution in [3.8, 4) is 5.75 Å². The number of H-pyrrole nitrogens is 1. The number of hydrogen-bond donors (Lipinski definition) is 1. The minimum absolute atomic E-state index is 0.200. The molecule has 0 aliphatic heterocycles. The van der Waals surface area contributed by atoms with E-state index in [1.807, 2.05) is 6.07 Å². The summed E-state index contributed by atoms with van der Waals surface area (Å²) in [4.78, 5) is 2.95. The third-order valence-electron chi connectivity index (χ3n) is 2.11. The highest BCUT2D eigenvalue weighted by Gasteiger charge is 2.07.